The van der Waals surface area contributed by atoms with Crippen LogP contribution < -0.4 is 16.0 Å². The second kappa shape index (κ2) is 21.8. The summed E-state index contributed by atoms with van der Waals surface area (Å²) in [5, 5.41) is 64.5. The number of aliphatic hydroxyl groups is 4. The van der Waals surface area contributed by atoms with E-state index in [1.807, 2.05) is 0 Å². The van der Waals surface area contributed by atoms with Crippen LogP contribution in [0, 0.1) is 0 Å². The number of rotatable bonds is 23. The zero-order valence-corrected chi connectivity index (χ0v) is 25.5. The molecule has 0 spiro atoms. The predicted octanol–water partition coefficient (Wildman–Crippen LogP) is -0.0873. The summed E-state index contributed by atoms with van der Waals surface area (Å²) in [5.74, 6) is -4.84. The average molecular weight is 634 g/mol. The molecular weight excluding hydrogens is 582 g/mol. The van der Waals surface area contributed by atoms with Crippen molar-refractivity contribution in [2.45, 2.75) is 146 Å². The Morgan fingerprint density at radius 3 is 1.80 bits per heavy atom. The van der Waals surface area contributed by atoms with Crippen LogP contribution in [0.5, 0.6) is 0 Å². The minimum atomic E-state index is -1.69. The lowest BCUT2D eigenvalue weighted by Gasteiger charge is -2.40. The highest BCUT2D eigenvalue weighted by Crippen LogP contribution is 2.20. The Balaban J connectivity index is 2.67. The number of nitrogens with one attached hydrogen (secondary N) is 3. The van der Waals surface area contributed by atoms with Crippen LogP contribution in [0.1, 0.15) is 103 Å². The van der Waals surface area contributed by atoms with Gasteiger partial charge < -0.3 is 51.3 Å². The number of hydrogen-bond acceptors (Lipinski definition) is 10. The molecule has 7 atom stereocenters. The number of carboxylic acid groups (broad SMARTS) is 2. The summed E-state index contributed by atoms with van der Waals surface area (Å²) in [6.45, 7) is 1.49. The number of hydrogen-bond donors (Lipinski definition) is 9. The first kappa shape index (κ1) is 39.2. The third kappa shape index (κ3) is 15.2. The van der Waals surface area contributed by atoms with Crippen molar-refractivity contribution in [1.29, 1.82) is 0 Å². The van der Waals surface area contributed by atoms with E-state index >= 15 is 0 Å². The average Bonchev–Trinajstić information content (AvgIpc) is 2.98. The Morgan fingerprint density at radius 1 is 0.682 bits per heavy atom. The molecule has 15 heteroatoms. The molecule has 0 bridgehead atoms. The monoisotopic (exact) mass is 633 g/mol. The summed E-state index contributed by atoms with van der Waals surface area (Å²) in [6, 6.07) is -2.58. The van der Waals surface area contributed by atoms with E-state index in [0.29, 0.717) is 6.42 Å². The van der Waals surface area contributed by atoms with Gasteiger partial charge in [-0.05, 0) is 12.8 Å². The molecule has 44 heavy (non-hydrogen) atoms. The van der Waals surface area contributed by atoms with Crippen molar-refractivity contribution in [3.05, 3.63) is 0 Å². The van der Waals surface area contributed by atoms with Crippen LogP contribution >= 0.6 is 0 Å². The molecule has 1 saturated heterocycles. The molecule has 254 valence electrons. The largest absolute Gasteiger partial charge is 0.481 e. The number of ether oxygens (including phenoxy) is 1. The molecule has 0 aliphatic carbocycles. The first-order chi connectivity index (χ1) is 20.9. The molecule has 1 aliphatic heterocycles. The molecule has 0 radical (unpaired) electrons. The Kier molecular flexibility index (Phi) is 19.4. The molecule has 1 aliphatic rings. The van der Waals surface area contributed by atoms with E-state index in [2.05, 4.69) is 22.9 Å². The summed E-state index contributed by atoms with van der Waals surface area (Å²) in [4.78, 5) is 60.5. The van der Waals surface area contributed by atoms with Gasteiger partial charge in [0, 0.05) is 19.3 Å². The molecule has 0 unspecified atom stereocenters. The number of carboxylic acids is 2. The maximum absolute atomic E-state index is 13.0. The van der Waals surface area contributed by atoms with Crippen LogP contribution in [0.4, 0.5) is 0 Å². The highest BCUT2D eigenvalue weighted by atomic mass is 16.6. The standard InChI is InChI=1S/C29H51N3O12/c1-2-3-4-5-6-7-8-9-10-11-12-18(27(41)31-19(29(42)43)13-16-23(36)37)30-21(34)14-15-22(35)32-28-26(40)25(39)24(38)20(17-33)44-28/h18-20,24-26,28,33,38-40H,2-17H2,1H3,(H,30,34)(H,31,41)(H,32,35)(H,36,37)(H,42,43)/t18-,19-,20+,24+,25-,26+,28+/m0/s1. The zero-order chi connectivity index (χ0) is 33.1. The second-order valence-corrected chi connectivity index (χ2v) is 11.2. The summed E-state index contributed by atoms with van der Waals surface area (Å²) in [5.41, 5.74) is 0. The third-order valence-corrected chi connectivity index (χ3v) is 7.53. The Hall–Kier alpha value is -2.85. The number of aliphatic carboxylic acids is 2. The molecule has 1 fully saturated rings. The maximum Gasteiger partial charge on any atom is 0.326 e. The lowest BCUT2D eigenvalue weighted by Crippen LogP contribution is -2.63. The van der Waals surface area contributed by atoms with Gasteiger partial charge in [0.25, 0.3) is 0 Å². The van der Waals surface area contributed by atoms with Gasteiger partial charge in [-0.3, -0.25) is 19.2 Å². The van der Waals surface area contributed by atoms with Crippen LogP contribution in [0.2, 0.25) is 0 Å². The molecule has 9 N–H and O–H groups in total. The Labute approximate surface area is 257 Å². The van der Waals surface area contributed by atoms with Crippen LogP contribution in [0.25, 0.3) is 0 Å². The highest BCUT2D eigenvalue weighted by Gasteiger charge is 2.44. The molecule has 3 amide bonds. The van der Waals surface area contributed by atoms with Crippen molar-refractivity contribution in [2.75, 3.05) is 6.61 Å². The lowest BCUT2D eigenvalue weighted by molar-refractivity contribution is -0.236. The Morgan fingerprint density at radius 2 is 1.25 bits per heavy atom. The van der Waals surface area contributed by atoms with Crippen molar-refractivity contribution in [3.63, 3.8) is 0 Å². The van der Waals surface area contributed by atoms with Crippen LogP contribution in [-0.4, -0.2) is 110 Å². The van der Waals surface area contributed by atoms with E-state index in [9.17, 15) is 49.5 Å². The molecule has 1 heterocycles. The van der Waals surface area contributed by atoms with Crippen molar-refractivity contribution in [2.24, 2.45) is 0 Å². The van der Waals surface area contributed by atoms with E-state index < -0.39 is 91.8 Å². The summed E-state index contributed by atoms with van der Waals surface area (Å²) < 4.78 is 5.22. The normalized spacial score (nSPS) is 22.9. The maximum atomic E-state index is 13.0. The van der Waals surface area contributed by atoms with Crippen LogP contribution in [0.15, 0.2) is 0 Å². The van der Waals surface area contributed by atoms with Crippen molar-refractivity contribution >= 4 is 29.7 Å². The number of aliphatic hydroxyl groups excluding tert-OH is 4. The third-order valence-electron chi connectivity index (χ3n) is 7.53. The highest BCUT2D eigenvalue weighted by molar-refractivity contribution is 5.91. The fraction of sp³-hybridized carbons (Fsp3) is 0.828. The minimum absolute atomic E-state index is 0.205. The molecular formula is C29H51N3O12. The van der Waals surface area contributed by atoms with Crippen molar-refractivity contribution in [3.8, 4) is 0 Å². The number of carbonyl (C=O) groups excluding carboxylic acids is 3. The summed E-state index contributed by atoms with van der Waals surface area (Å²) >= 11 is 0. The smallest absolute Gasteiger partial charge is 0.326 e. The van der Waals surface area contributed by atoms with Gasteiger partial charge in [-0.1, -0.05) is 71.1 Å². The van der Waals surface area contributed by atoms with Gasteiger partial charge in [-0.15, -0.1) is 0 Å². The molecule has 15 nitrogen and oxygen atoms in total. The van der Waals surface area contributed by atoms with E-state index in [4.69, 9.17) is 9.84 Å². The molecule has 0 aromatic heterocycles. The van der Waals surface area contributed by atoms with E-state index in [1.165, 1.54) is 25.7 Å². The molecule has 0 saturated carbocycles. The van der Waals surface area contributed by atoms with Gasteiger partial charge >= 0.3 is 11.9 Å². The Bertz CT molecular complexity index is 903. The zero-order valence-electron chi connectivity index (χ0n) is 25.5. The summed E-state index contributed by atoms with van der Waals surface area (Å²) in [7, 11) is 0. The molecule has 1 rings (SSSR count). The number of amides is 3. The predicted molar refractivity (Wildman–Crippen MR) is 156 cm³/mol. The number of unbranched alkanes of at least 4 members (excludes halogenated alkanes) is 9. The van der Waals surface area contributed by atoms with Crippen LogP contribution in [0.3, 0.4) is 0 Å². The topological polar surface area (TPSA) is 252 Å². The fourth-order valence-electron chi connectivity index (χ4n) is 4.85. The fourth-order valence-corrected chi connectivity index (χ4v) is 4.85. The van der Waals surface area contributed by atoms with E-state index in [-0.39, 0.29) is 19.3 Å². The van der Waals surface area contributed by atoms with Gasteiger partial charge in [0.1, 0.15) is 36.5 Å². The van der Waals surface area contributed by atoms with Gasteiger partial charge in [-0.2, -0.15) is 0 Å². The van der Waals surface area contributed by atoms with E-state index in [0.717, 1.165) is 32.1 Å². The first-order valence-corrected chi connectivity index (χ1v) is 15.5. The van der Waals surface area contributed by atoms with Gasteiger partial charge in [0.05, 0.1) is 6.61 Å². The van der Waals surface area contributed by atoms with Gasteiger partial charge in [0.15, 0.2) is 6.23 Å². The van der Waals surface area contributed by atoms with E-state index in [1.54, 1.807) is 0 Å². The summed E-state index contributed by atoms with van der Waals surface area (Å²) in [6.07, 6.45) is 1.41. The SMILES string of the molecule is CCCCCCCCCCCC[C@H](NC(=O)CCC(=O)N[C@@H]1O[C@H](CO)[C@@H](O)[C@H](O)[C@H]1O)C(=O)N[C@@H](CCC(=O)O)C(=O)O. The van der Waals surface area contributed by atoms with Crippen LogP contribution in [-0.2, 0) is 28.7 Å². The lowest BCUT2D eigenvalue weighted by atomic mass is 9.98. The van der Waals surface area contributed by atoms with Gasteiger partial charge in [-0.25, -0.2) is 4.79 Å². The minimum Gasteiger partial charge on any atom is -0.481 e. The first-order valence-electron chi connectivity index (χ1n) is 15.5. The van der Waals surface area contributed by atoms with Crippen molar-refractivity contribution < 1.29 is 59.3 Å². The molecule has 0 aromatic rings. The second-order valence-electron chi connectivity index (χ2n) is 11.2. The van der Waals surface area contributed by atoms with Crippen molar-refractivity contribution in [1.82, 2.24) is 16.0 Å². The molecule has 0 aromatic carbocycles. The van der Waals surface area contributed by atoms with Gasteiger partial charge in [0.2, 0.25) is 17.7 Å². The quantitative estimate of drug-likeness (QED) is 0.0670. The number of carbonyl (C=O) groups is 5.